The number of hydrogen-bond acceptors (Lipinski definition) is 10. The number of carbonyl (C=O) groups is 2. The monoisotopic (exact) mass is 696 g/mol. The third kappa shape index (κ3) is 8.72. The summed E-state index contributed by atoms with van der Waals surface area (Å²) >= 11 is 0. The molecule has 0 radical (unpaired) electrons. The highest BCUT2D eigenvalue weighted by atomic mass is 32.2. The maximum absolute atomic E-state index is 14.0. The Kier molecular flexibility index (Phi) is 11.9. The van der Waals surface area contributed by atoms with Gasteiger partial charge >= 0.3 is 5.97 Å². The van der Waals surface area contributed by atoms with E-state index in [1.807, 2.05) is 0 Å². The van der Waals surface area contributed by atoms with Gasteiger partial charge in [0.25, 0.3) is 15.9 Å². The van der Waals surface area contributed by atoms with Gasteiger partial charge in [0, 0.05) is 5.56 Å². The van der Waals surface area contributed by atoms with E-state index >= 15 is 0 Å². The Labute approximate surface area is 279 Å². The molecule has 0 bridgehead atoms. The highest BCUT2D eigenvalue weighted by Crippen LogP contribution is 2.23. The average molecular weight is 697 g/mol. The van der Waals surface area contributed by atoms with E-state index in [9.17, 15) is 41.7 Å². The first-order chi connectivity index (χ1) is 22.7. The van der Waals surface area contributed by atoms with Gasteiger partial charge in [-0.15, -0.1) is 0 Å². The molecule has 12 nitrogen and oxygen atoms in total. The van der Waals surface area contributed by atoms with Gasteiger partial charge in [-0.25, -0.2) is 30.7 Å². The largest absolute Gasteiger partial charge is 0.453 e. The van der Waals surface area contributed by atoms with Crippen LogP contribution in [-0.2, 0) is 24.8 Å². The first-order valence-electron chi connectivity index (χ1n) is 14.8. The van der Waals surface area contributed by atoms with Crippen LogP contribution < -0.4 is 4.72 Å². The third-order valence-electron chi connectivity index (χ3n) is 7.45. The van der Waals surface area contributed by atoms with Gasteiger partial charge in [0.05, 0.1) is 34.5 Å². The van der Waals surface area contributed by atoms with Crippen molar-refractivity contribution in [1.82, 2.24) is 9.03 Å². The zero-order valence-corrected chi connectivity index (χ0v) is 27.7. The van der Waals surface area contributed by atoms with Crippen LogP contribution in [0.2, 0.25) is 0 Å². The molecule has 1 amide bonds. The summed E-state index contributed by atoms with van der Waals surface area (Å²) in [5.41, 5.74) is 1.49. The number of aliphatic hydroxyl groups excluding tert-OH is 3. The Balaban J connectivity index is 1.77. The predicted molar refractivity (Wildman–Crippen MR) is 176 cm³/mol. The lowest BCUT2D eigenvalue weighted by molar-refractivity contribution is -0.0933. The van der Waals surface area contributed by atoms with E-state index in [2.05, 4.69) is 4.72 Å². The second kappa shape index (κ2) is 15.6. The zero-order chi connectivity index (χ0) is 35.1. The van der Waals surface area contributed by atoms with Crippen molar-refractivity contribution < 1.29 is 46.5 Å². The van der Waals surface area contributed by atoms with E-state index in [0.29, 0.717) is 4.31 Å². The number of nitrogens with zero attached hydrogens (tertiary/aromatic N) is 1. The number of esters is 1. The topological polar surface area (TPSA) is 188 Å². The van der Waals surface area contributed by atoms with E-state index in [1.165, 1.54) is 84.9 Å². The molecule has 254 valence electrons. The summed E-state index contributed by atoms with van der Waals surface area (Å²) < 4.78 is 63.1. The van der Waals surface area contributed by atoms with E-state index in [4.69, 9.17) is 4.74 Å². The van der Waals surface area contributed by atoms with E-state index in [1.54, 1.807) is 38.1 Å². The second-order valence-corrected chi connectivity index (χ2v) is 14.6. The molecule has 0 saturated heterocycles. The normalized spacial score (nSPS) is 14.4. The SMILES string of the molecule is Cc1ccc(S(=O)(=O)N[C@@H](CN(C(=O)c2ccccc2)S(=O)(=O)c2ccc(C)cc2)[C@@H](O)[C@H](O)[C@@H](CO)OC(=O)c2ccccc2)cc1. The van der Waals surface area contributed by atoms with Gasteiger partial charge in [0.2, 0.25) is 10.0 Å². The summed E-state index contributed by atoms with van der Waals surface area (Å²) in [6, 6.07) is 24.2. The fourth-order valence-corrected chi connectivity index (χ4v) is 7.34. The molecule has 4 N–H and O–H groups in total. The van der Waals surface area contributed by atoms with E-state index in [-0.39, 0.29) is 20.9 Å². The molecule has 0 fully saturated rings. The summed E-state index contributed by atoms with van der Waals surface area (Å²) in [6.45, 7) is 1.46. The summed E-state index contributed by atoms with van der Waals surface area (Å²) in [5, 5.41) is 32.7. The summed E-state index contributed by atoms with van der Waals surface area (Å²) in [6.07, 6.45) is -6.18. The van der Waals surface area contributed by atoms with Crippen LogP contribution in [0.25, 0.3) is 0 Å². The summed E-state index contributed by atoms with van der Waals surface area (Å²) in [5.74, 6) is -2.01. The van der Waals surface area contributed by atoms with E-state index < -0.39 is 69.4 Å². The van der Waals surface area contributed by atoms with Gasteiger partial charge in [-0.1, -0.05) is 71.8 Å². The van der Waals surface area contributed by atoms with Crippen molar-refractivity contribution in [2.45, 2.75) is 48.0 Å². The Morgan fingerprint density at radius 2 is 1.19 bits per heavy atom. The third-order valence-corrected chi connectivity index (χ3v) is 10.7. The molecular formula is C34H36N2O10S2. The highest BCUT2D eigenvalue weighted by molar-refractivity contribution is 7.90. The quantitative estimate of drug-likeness (QED) is 0.143. The highest BCUT2D eigenvalue weighted by Gasteiger charge is 2.41. The molecule has 14 heteroatoms. The molecule has 0 aromatic heterocycles. The summed E-state index contributed by atoms with van der Waals surface area (Å²) in [7, 11) is -9.23. The van der Waals surface area contributed by atoms with Crippen LogP contribution in [0.3, 0.4) is 0 Å². The maximum atomic E-state index is 14.0. The Morgan fingerprint density at radius 1 is 0.708 bits per heavy atom. The predicted octanol–water partition coefficient (Wildman–Crippen LogP) is 2.42. The van der Waals surface area contributed by atoms with Crippen molar-refractivity contribution in [2.24, 2.45) is 0 Å². The smallest absolute Gasteiger partial charge is 0.338 e. The molecular weight excluding hydrogens is 661 g/mol. The number of aliphatic hydroxyl groups is 3. The van der Waals surface area contributed by atoms with Gasteiger partial charge in [-0.3, -0.25) is 4.79 Å². The molecule has 0 spiro atoms. The van der Waals surface area contributed by atoms with E-state index in [0.717, 1.165) is 11.1 Å². The lowest BCUT2D eigenvalue weighted by Crippen LogP contribution is -2.58. The molecule has 0 aliphatic heterocycles. The van der Waals surface area contributed by atoms with Crippen LogP contribution in [0, 0.1) is 13.8 Å². The van der Waals surface area contributed by atoms with Crippen LogP contribution in [0.5, 0.6) is 0 Å². The van der Waals surface area contributed by atoms with Gasteiger partial charge in [-0.05, 0) is 62.4 Å². The minimum atomic E-state index is -4.70. The van der Waals surface area contributed by atoms with Gasteiger partial charge in [0.1, 0.15) is 12.2 Å². The molecule has 0 aliphatic carbocycles. The minimum Gasteiger partial charge on any atom is -0.453 e. The van der Waals surface area contributed by atoms with Crippen LogP contribution in [0.15, 0.2) is 119 Å². The Hall–Kier alpha value is -4.44. The van der Waals surface area contributed by atoms with Crippen LogP contribution in [-0.4, -0.2) is 85.8 Å². The number of sulfonamides is 2. The van der Waals surface area contributed by atoms with Crippen molar-refractivity contribution in [2.75, 3.05) is 13.2 Å². The molecule has 0 aliphatic rings. The zero-order valence-electron chi connectivity index (χ0n) is 26.1. The number of hydrogen-bond donors (Lipinski definition) is 4. The molecule has 0 heterocycles. The van der Waals surface area contributed by atoms with Crippen LogP contribution in [0.4, 0.5) is 0 Å². The van der Waals surface area contributed by atoms with Crippen LogP contribution in [0.1, 0.15) is 31.8 Å². The fourth-order valence-electron chi connectivity index (χ4n) is 4.68. The number of ether oxygens (including phenoxy) is 1. The number of aryl methyl sites for hydroxylation is 2. The number of nitrogens with one attached hydrogen (secondary N) is 1. The molecule has 48 heavy (non-hydrogen) atoms. The van der Waals surface area contributed by atoms with Crippen molar-refractivity contribution >= 4 is 31.9 Å². The number of rotatable bonds is 14. The Bertz CT molecular complexity index is 1900. The lowest BCUT2D eigenvalue weighted by atomic mass is 10.0. The molecule has 0 saturated carbocycles. The molecule has 4 aromatic rings. The van der Waals surface area contributed by atoms with Crippen molar-refractivity contribution in [3.8, 4) is 0 Å². The minimum absolute atomic E-state index is 0.0617. The first kappa shape index (κ1) is 36.4. The average Bonchev–Trinajstić information content (AvgIpc) is 3.09. The number of amides is 1. The number of benzene rings is 4. The Morgan fingerprint density at radius 3 is 1.69 bits per heavy atom. The van der Waals surface area contributed by atoms with Gasteiger partial charge in [-0.2, -0.15) is 0 Å². The molecule has 4 atom stereocenters. The van der Waals surface area contributed by atoms with Crippen molar-refractivity contribution in [3.63, 3.8) is 0 Å². The second-order valence-electron chi connectivity index (χ2n) is 11.0. The maximum Gasteiger partial charge on any atom is 0.338 e. The standard InChI is InChI=1S/C34H36N2O10S2/c1-23-13-17-27(18-14-23)47(42,43)35-29(31(38)32(39)30(22-37)46-34(41)26-11-7-4-8-12-26)21-36(33(40)25-9-5-3-6-10-25)48(44,45)28-19-15-24(2)16-20-28/h3-20,29-32,35,37-39H,21-22H2,1-2H3/t29-,30+,31+,32+/m0/s1. The van der Waals surface area contributed by atoms with Gasteiger partial charge < -0.3 is 20.1 Å². The molecule has 4 rings (SSSR count). The number of carbonyl (C=O) groups excluding carboxylic acids is 2. The van der Waals surface area contributed by atoms with Gasteiger partial charge in [0.15, 0.2) is 6.10 Å². The van der Waals surface area contributed by atoms with Crippen molar-refractivity contribution in [1.29, 1.82) is 0 Å². The summed E-state index contributed by atoms with van der Waals surface area (Å²) in [4.78, 5) is 26.0. The van der Waals surface area contributed by atoms with Crippen LogP contribution >= 0.6 is 0 Å². The molecule has 0 unspecified atom stereocenters. The van der Waals surface area contributed by atoms with Crippen molar-refractivity contribution in [3.05, 3.63) is 131 Å². The fraction of sp³-hybridized carbons (Fsp3) is 0.235. The lowest BCUT2D eigenvalue weighted by Gasteiger charge is -2.34. The molecule has 4 aromatic carbocycles. The first-order valence-corrected chi connectivity index (χ1v) is 17.7.